The van der Waals surface area contributed by atoms with Crippen molar-refractivity contribution in [1.29, 1.82) is 0 Å². The first-order chi connectivity index (χ1) is 10.5. The standard InChI is InChI=1S/C15H26N2O3.CH2O2/c1-14(2)6-10(7-15(3,4)16-14)5-12(18)17-8-11(9-17)13(19)20;2-1-3/h10-11,16H,5-9H2,1-4H3,(H,19,20);1H,(H,2,3). The van der Waals surface area contributed by atoms with E-state index in [-0.39, 0.29) is 29.4 Å². The molecule has 0 saturated carbocycles. The highest BCUT2D eigenvalue weighted by Gasteiger charge is 2.41. The molecule has 132 valence electrons. The van der Waals surface area contributed by atoms with Crippen LogP contribution in [0.25, 0.3) is 0 Å². The van der Waals surface area contributed by atoms with Crippen molar-refractivity contribution in [1.82, 2.24) is 10.2 Å². The average Bonchev–Trinajstić information content (AvgIpc) is 2.21. The Hall–Kier alpha value is -1.63. The number of rotatable bonds is 3. The lowest BCUT2D eigenvalue weighted by atomic mass is 9.74. The van der Waals surface area contributed by atoms with Crippen molar-refractivity contribution in [2.75, 3.05) is 13.1 Å². The predicted molar refractivity (Wildman–Crippen MR) is 85.0 cm³/mol. The van der Waals surface area contributed by atoms with Crippen LogP contribution in [0.4, 0.5) is 0 Å². The molecule has 0 aromatic carbocycles. The molecule has 0 unspecified atom stereocenters. The number of carboxylic acids is 1. The van der Waals surface area contributed by atoms with Crippen molar-refractivity contribution in [3.05, 3.63) is 0 Å². The number of piperidine rings is 1. The second-order valence-corrected chi connectivity index (χ2v) is 7.81. The van der Waals surface area contributed by atoms with Crippen molar-refractivity contribution in [3.8, 4) is 0 Å². The SMILES string of the molecule is CC1(C)CC(CC(=O)N2CC(C(=O)O)C2)CC(C)(C)N1.O=CO. The molecule has 0 bridgehead atoms. The van der Waals surface area contributed by atoms with Crippen LogP contribution in [0.1, 0.15) is 47.0 Å². The molecule has 2 aliphatic rings. The summed E-state index contributed by atoms with van der Waals surface area (Å²) in [7, 11) is 0. The smallest absolute Gasteiger partial charge is 0.310 e. The van der Waals surface area contributed by atoms with Gasteiger partial charge in [-0.1, -0.05) is 0 Å². The molecular weight excluding hydrogens is 300 g/mol. The molecule has 0 aliphatic carbocycles. The van der Waals surface area contributed by atoms with Gasteiger partial charge in [-0.15, -0.1) is 0 Å². The zero-order chi connectivity index (χ0) is 17.8. The second kappa shape index (κ2) is 7.29. The van der Waals surface area contributed by atoms with E-state index in [9.17, 15) is 9.59 Å². The molecule has 7 heteroatoms. The Labute approximate surface area is 137 Å². The zero-order valence-corrected chi connectivity index (χ0v) is 14.3. The number of nitrogens with one attached hydrogen (secondary N) is 1. The lowest BCUT2D eigenvalue weighted by Gasteiger charge is -2.47. The molecule has 2 aliphatic heterocycles. The lowest BCUT2D eigenvalue weighted by molar-refractivity contribution is -0.153. The summed E-state index contributed by atoms with van der Waals surface area (Å²) in [5.74, 6) is -0.670. The third-order valence-corrected chi connectivity index (χ3v) is 4.32. The molecular formula is C16H28N2O5. The molecule has 0 aromatic rings. The second-order valence-electron chi connectivity index (χ2n) is 7.81. The van der Waals surface area contributed by atoms with Crippen LogP contribution in [0.15, 0.2) is 0 Å². The Kier molecular flexibility index (Phi) is 6.16. The van der Waals surface area contributed by atoms with Gasteiger partial charge in [0.1, 0.15) is 0 Å². The van der Waals surface area contributed by atoms with Gasteiger partial charge in [-0.05, 0) is 46.5 Å². The minimum absolute atomic E-state index is 0.0469. The van der Waals surface area contributed by atoms with Crippen LogP contribution in [0.2, 0.25) is 0 Å². The molecule has 2 heterocycles. The fourth-order valence-electron chi connectivity index (χ4n) is 3.89. The molecule has 3 N–H and O–H groups in total. The van der Waals surface area contributed by atoms with Crippen LogP contribution in [0.3, 0.4) is 0 Å². The summed E-state index contributed by atoms with van der Waals surface area (Å²) in [4.78, 5) is 33.0. The minimum Gasteiger partial charge on any atom is -0.483 e. The van der Waals surface area contributed by atoms with Gasteiger partial charge in [0.15, 0.2) is 0 Å². The van der Waals surface area contributed by atoms with E-state index in [1.165, 1.54) is 0 Å². The number of likely N-dealkylation sites (tertiary alicyclic amines) is 1. The molecule has 0 spiro atoms. The number of carbonyl (C=O) groups is 3. The number of carbonyl (C=O) groups excluding carboxylic acids is 1. The molecule has 2 rings (SSSR count). The van der Waals surface area contributed by atoms with E-state index in [0.717, 1.165) is 12.8 Å². The van der Waals surface area contributed by atoms with Crippen molar-refractivity contribution in [2.24, 2.45) is 11.8 Å². The number of aliphatic carboxylic acids is 1. The average molecular weight is 328 g/mol. The van der Waals surface area contributed by atoms with Crippen molar-refractivity contribution in [2.45, 2.75) is 58.0 Å². The molecule has 23 heavy (non-hydrogen) atoms. The van der Waals surface area contributed by atoms with Gasteiger partial charge in [0.25, 0.3) is 6.47 Å². The van der Waals surface area contributed by atoms with Crippen molar-refractivity contribution >= 4 is 18.3 Å². The Bertz CT molecular complexity index is 439. The fraction of sp³-hybridized carbons (Fsp3) is 0.812. The van der Waals surface area contributed by atoms with Crippen LogP contribution in [0.5, 0.6) is 0 Å². The summed E-state index contributed by atoms with van der Waals surface area (Å²) in [5.41, 5.74) is 0.0937. The first-order valence-corrected chi connectivity index (χ1v) is 7.87. The highest BCUT2D eigenvalue weighted by Crippen LogP contribution is 2.35. The maximum atomic E-state index is 12.2. The Morgan fingerprint density at radius 1 is 1.17 bits per heavy atom. The number of carboxylic acid groups (broad SMARTS) is 2. The molecule has 0 radical (unpaired) electrons. The molecule has 0 aromatic heterocycles. The lowest BCUT2D eigenvalue weighted by Crippen LogP contribution is -2.59. The normalized spacial score (nSPS) is 23.2. The fourth-order valence-corrected chi connectivity index (χ4v) is 3.89. The molecule has 7 nitrogen and oxygen atoms in total. The van der Waals surface area contributed by atoms with Gasteiger partial charge >= 0.3 is 5.97 Å². The number of hydrogen-bond acceptors (Lipinski definition) is 4. The van der Waals surface area contributed by atoms with Crippen LogP contribution in [0, 0.1) is 11.8 Å². The summed E-state index contributed by atoms with van der Waals surface area (Å²) in [5, 5.41) is 19.3. The van der Waals surface area contributed by atoms with E-state index in [1.807, 2.05) is 0 Å². The van der Waals surface area contributed by atoms with Crippen molar-refractivity contribution < 1.29 is 24.6 Å². The first kappa shape index (κ1) is 19.4. The number of hydrogen-bond donors (Lipinski definition) is 3. The van der Waals surface area contributed by atoms with Crippen LogP contribution >= 0.6 is 0 Å². The van der Waals surface area contributed by atoms with E-state index in [1.54, 1.807) is 4.90 Å². The first-order valence-electron chi connectivity index (χ1n) is 7.87. The zero-order valence-electron chi connectivity index (χ0n) is 14.3. The molecule has 2 saturated heterocycles. The highest BCUT2D eigenvalue weighted by molar-refractivity contribution is 5.81. The van der Waals surface area contributed by atoms with E-state index in [4.69, 9.17) is 15.0 Å². The third kappa shape index (κ3) is 5.82. The van der Waals surface area contributed by atoms with Gasteiger partial charge in [-0.3, -0.25) is 14.4 Å². The Morgan fingerprint density at radius 2 is 1.61 bits per heavy atom. The maximum absolute atomic E-state index is 12.2. The summed E-state index contributed by atoms with van der Waals surface area (Å²) in [6.07, 6.45) is 2.51. The van der Waals surface area contributed by atoms with Crippen LogP contribution < -0.4 is 5.32 Å². The number of amides is 1. The maximum Gasteiger partial charge on any atom is 0.310 e. The molecule has 1 amide bonds. The largest absolute Gasteiger partial charge is 0.483 e. The topological polar surface area (TPSA) is 107 Å². The summed E-state index contributed by atoms with van der Waals surface area (Å²) >= 11 is 0. The van der Waals surface area contributed by atoms with Crippen LogP contribution in [-0.4, -0.2) is 57.6 Å². The summed E-state index contributed by atoms with van der Waals surface area (Å²) in [6, 6.07) is 0. The van der Waals surface area contributed by atoms with E-state index < -0.39 is 5.97 Å². The molecule has 2 fully saturated rings. The quantitative estimate of drug-likeness (QED) is 0.672. The van der Waals surface area contributed by atoms with Gasteiger partial charge in [0.2, 0.25) is 5.91 Å². The minimum atomic E-state index is -0.793. The van der Waals surface area contributed by atoms with E-state index in [2.05, 4.69) is 33.0 Å². The Morgan fingerprint density at radius 3 is 2.00 bits per heavy atom. The summed E-state index contributed by atoms with van der Waals surface area (Å²) in [6.45, 7) is 9.22. The number of nitrogens with zero attached hydrogens (tertiary/aromatic N) is 1. The van der Waals surface area contributed by atoms with Gasteiger partial charge in [-0.25, -0.2) is 0 Å². The third-order valence-electron chi connectivity index (χ3n) is 4.32. The van der Waals surface area contributed by atoms with Gasteiger partial charge < -0.3 is 20.4 Å². The van der Waals surface area contributed by atoms with Crippen LogP contribution in [-0.2, 0) is 14.4 Å². The highest BCUT2D eigenvalue weighted by atomic mass is 16.4. The van der Waals surface area contributed by atoms with Crippen molar-refractivity contribution in [3.63, 3.8) is 0 Å². The monoisotopic (exact) mass is 328 g/mol. The van der Waals surface area contributed by atoms with Gasteiger partial charge in [0.05, 0.1) is 5.92 Å². The summed E-state index contributed by atoms with van der Waals surface area (Å²) < 4.78 is 0. The predicted octanol–water partition coefficient (Wildman–Crippen LogP) is 1.18. The van der Waals surface area contributed by atoms with E-state index in [0.29, 0.717) is 25.4 Å². The van der Waals surface area contributed by atoms with Gasteiger partial charge in [0, 0.05) is 30.6 Å². The Balaban J connectivity index is 0.000000816. The molecule has 0 atom stereocenters. The van der Waals surface area contributed by atoms with Gasteiger partial charge in [-0.2, -0.15) is 0 Å². The van der Waals surface area contributed by atoms with E-state index >= 15 is 0 Å².